The molecule has 0 radical (unpaired) electrons. The Bertz CT molecular complexity index is 423. The highest BCUT2D eigenvalue weighted by atomic mass is 16.5. The van der Waals surface area contributed by atoms with Gasteiger partial charge in [0.2, 0.25) is 0 Å². The molecule has 0 bridgehead atoms. The van der Waals surface area contributed by atoms with Crippen molar-refractivity contribution in [1.29, 1.82) is 0 Å². The van der Waals surface area contributed by atoms with Gasteiger partial charge in [-0.3, -0.25) is 0 Å². The first kappa shape index (κ1) is 12.8. The molecule has 0 spiro atoms. The molecule has 1 atom stereocenters. The normalized spacial score (nSPS) is 23.7. The molecule has 1 N–H and O–H groups in total. The minimum Gasteiger partial charge on any atom is -0.493 e. The lowest BCUT2D eigenvalue weighted by Gasteiger charge is -2.28. The van der Waals surface area contributed by atoms with E-state index >= 15 is 0 Å². The third-order valence-electron chi connectivity index (χ3n) is 4.30. The molecule has 1 aliphatic carbocycles. The number of piperidine rings is 1. The van der Waals surface area contributed by atoms with Crippen molar-refractivity contribution in [2.75, 3.05) is 20.2 Å². The van der Waals surface area contributed by atoms with Gasteiger partial charge >= 0.3 is 0 Å². The summed E-state index contributed by atoms with van der Waals surface area (Å²) in [7, 11) is 1.71. The summed E-state index contributed by atoms with van der Waals surface area (Å²) in [5.41, 5.74) is 1.38. The molecule has 1 aromatic carbocycles. The van der Waals surface area contributed by atoms with E-state index in [-0.39, 0.29) is 0 Å². The van der Waals surface area contributed by atoms with Crippen LogP contribution in [0, 0.1) is 0 Å². The maximum atomic E-state index is 6.06. The molecule has 3 heteroatoms. The first-order chi connectivity index (χ1) is 9.36. The fraction of sp³-hybridized carbons (Fsp3) is 0.625. The van der Waals surface area contributed by atoms with Crippen molar-refractivity contribution in [3.63, 3.8) is 0 Å². The zero-order valence-corrected chi connectivity index (χ0v) is 11.7. The Morgan fingerprint density at radius 2 is 2.00 bits per heavy atom. The fourth-order valence-electron chi connectivity index (χ4n) is 2.84. The van der Waals surface area contributed by atoms with Gasteiger partial charge in [0, 0.05) is 6.54 Å². The Labute approximate surface area is 115 Å². The number of hydrogen-bond donors (Lipinski definition) is 1. The number of nitrogens with one attached hydrogen (secondary N) is 1. The second-order valence-corrected chi connectivity index (χ2v) is 5.62. The van der Waals surface area contributed by atoms with E-state index in [0.717, 1.165) is 24.6 Å². The van der Waals surface area contributed by atoms with Crippen molar-refractivity contribution in [2.45, 2.75) is 44.1 Å². The van der Waals surface area contributed by atoms with E-state index in [4.69, 9.17) is 9.47 Å². The lowest BCUT2D eigenvalue weighted by Crippen LogP contribution is -2.28. The van der Waals surface area contributed by atoms with E-state index in [1.165, 1.54) is 37.7 Å². The average Bonchev–Trinajstić information content (AvgIpc) is 2.43. The van der Waals surface area contributed by atoms with Crippen LogP contribution in [0.1, 0.15) is 43.6 Å². The van der Waals surface area contributed by atoms with E-state index < -0.39 is 0 Å². The van der Waals surface area contributed by atoms with Gasteiger partial charge < -0.3 is 14.8 Å². The minimum absolute atomic E-state index is 0.397. The summed E-state index contributed by atoms with van der Waals surface area (Å²) in [6.45, 7) is 2.23. The maximum absolute atomic E-state index is 6.06. The molecule has 1 unspecified atom stereocenters. The predicted molar refractivity (Wildman–Crippen MR) is 76.1 cm³/mol. The van der Waals surface area contributed by atoms with Gasteiger partial charge in [0.1, 0.15) is 0 Å². The first-order valence-corrected chi connectivity index (χ1v) is 7.42. The molecule has 3 nitrogen and oxygen atoms in total. The van der Waals surface area contributed by atoms with Gasteiger partial charge in [-0.2, -0.15) is 0 Å². The van der Waals surface area contributed by atoms with Crippen molar-refractivity contribution in [2.24, 2.45) is 0 Å². The van der Waals surface area contributed by atoms with E-state index in [1.807, 2.05) is 0 Å². The smallest absolute Gasteiger partial charge is 0.161 e. The van der Waals surface area contributed by atoms with Crippen molar-refractivity contribution >= 4 is 0 Å². The topological polar surface area (TPSA) is 30.5 Å². The van der Waals surface area contributed by atoms with Crippen molar-refractivity contribution in [3.05, 3.63) is 23.8 Å². The van der Waals surface area contributed by atoms with E-state index in [0.29, 0.717) is 12.0 Å². The molecular formula is C16H23NO2. The quantitative estimate of drug-likeness (QED) is 0.903. The molecule has 0 aromatic heterocycles. The molecule has 2 fully saturated rings. The molecule has 1 heterocycles. The van der Waals surface area contributed by atoms with Crippen LogP contribution in [0.2, 0.25) is 0 Å². The zero-order valence-electron chi connectivity index (χ0n) is 11.7. The summed E-state index contributed by atoms with van der Waals surface area (Å²) >= 11 is 0. The lowest BCUT2D eigenvalue weighted by atomic mass is 9.91. The van der Waals surface area contributed by atoms with Crippen LogP contribution < -0.4 is 14.8 Å². The molecule has 3 rings (SSSR count). The van der Waals surface area contributed by atoms with Gasteiger partial charge in [0.15, 0.2) is 11.5 Å². The maximum Gasteiger partial charge on any atom is 0.161 e. The van der Waals surface area contributed by atoms with E-state index in [2.05, 4.69) is 23.5 Å². The van der Waals surface area contributed by atoms with Crippen LogP contribution in [-0.4, -0.2) is 26.3 Å². The standard InChI is InChI=1S/C16H23NO2/c1-18-15-8-7-12(13-4-3-9-17-11-13)10-16(15)19-14-5-2-6-14/h7-8,10,13-14,17H,2-6,9,11H2,1H3. The summed E-state index contributed by atoms with van der Waals surface area (Å²) < 4.78 is 11.5. The van der Waals surface area contributed by atoms with Crippen LogP contribution in [0.4, 0.5) is 0 Å². The Kier molecular flexibility index (Phi) is 3.92. The number of rotatable bonds is 4. The first-order valence-electron chi connectivity index (χ1n) is 7.42. The molecule has 2 aliphatic rings. The third kappa shape index (κ3) is 2.86. The second kappa shape index (κ2) is 5.83. The van der Waals surface area contributed by atoms with E-state index in [9.17, 15) is 0 Å². The summed E-state index contributed by atoms with van der Waals surface area (Å²) in [6, 6.07) is 6.43. The molecule has 1 saturated carbocycles. The Morgan fingerprint density at radius 1 is 1.11 bits per heavy atom. The predicted octanol–water partition coefficient (Wildman–Crippen LogP) is 3.09. The van der Waals surface area contributed by atoms with Gasteiger partial charge in [-0.05, 0) is 62.3 Å². The molecule has 19 heavy (non-hydrogen) atoms. The van der Waals surface area contributed by atoms with Crippen molar-refractivity contribution < 1.29 is 9.47 Å². The summed E-state index contributed by atoms with van der Waals surface area (Å²) in [5, 5.41) is 3.47. The van der Waals surface area contributed by atoms with Crippen molar-refractivity contribution in [1.82, 2.24) is 5.32 Å². The highest BCUT2D eigenvalue weighted by Gasteiger charge is 2.22. The van der Waals surface area contributed by atoms with Gasteiger partial charge in [-0.15, -0.1) is 0 Å². The van der Waals surface area contributed by atoms with Gasteiger partial charge in [-0.25, -0.2) is 0 Å². The zero-order chi connectivity index (χ0) is 13.1. The largest absolute Gasteiger partial charge is 0.493 e. The molecule has 1 aromatic rings. The number of benzene rings is 1. The van der Waals surface area contributed by atoms with Gasteiger partial charge in [-0.1, -0.05) is 6.07 Å². The van der Waals surface area contributed by atoms with Crippen LogP contribution in [-0.2, 0) is 0 Å². The Balaban J connectivity index is 1.78. The van der Waals surface area contributed by atoms with Crippen LogP contribution in [0.15, 0.2) is 18.2 Å². The Morgan fingerprint density at radius 3 is 2.63 bits per heavy atom. The van der Waals surface area contributed by atoms with Gasteiger partial charge in [0.25, 0.3) is 0 Å². The fourth-order valence-corrected chi connectivity index (χ4v) is 2.84. The number of hydrogen-bond acceptors (Lipinski definition) is 3. The highest BCUT2D eigenvalue weighted by Crippen LogP contribution is 2.36. The Hall–Kier alpha value is -1.22. The average molecular weight is 261 g/mol. The van der Waals surface area contributed by atoms with Crippen molar-refractivity contribution in [3.8, 4) is 11.5 Å². The SMILES string of the molecule is COc1ccc(C2CCCNC2)cc1OC1CCC1. The summed E-state index contributed by atoms with van der Waals surface area (Å²) in [5.74, 6) is 2.40. The van der Waals surface area contributed by atoms with Crippen LogP contribution in [0.3, 0.4) is 0 Å². The van der Waals surface area contributed by atoms with Crippen LogP contribution in [0.25, 0.3) is 0 Å². The molecule has 0 amide bonds. The minimum atomic E-state index is 0.397. The number of methoxy groups -OCH3 is 1. The van der Waals surface area contributed by atoms with Gasteiger partial charge in [0.05, 0.1) is 13.2 Å². The highest BCUT2D eigenvalue weighted by molar-refractivity contribution is 5.44. The number of ether oxygens (including phenoxy) is 2. The molecule has 1 saturated heterocycles. The molecule has 1 aliphatic heterocycles. The lowest BCUT2D eigenvalue weighted by molar-refractivity contribution is 0.116. The second-order valence-electron chi connectivity index (χ2n) is 5.62. The van der Waals surface area contributed by atoms with Crippen LogP contribution in [0.5, 0.6) is 11.5 Å². The molecule has 104 valence electrons. The summed E-state index contributed by atoms with van der Waals surface area (Å²) in [4.78, 5) is 0. The monoisotopic (exact) mass is 261 g/mol. The van der Waals surface area contributed by atoms with Crippen LogP contribution >= 0.6 is 0 Å². The summed E-state index contributed by atoms with van der Waals surface area (Å²) in [6.07, 6.45) is 6.57. The third-order valence-corrected chi connectivity index (χ3v) is 4.30. The van der Waals surface area contributed by atoms with E-state index in [1.54, 1.807) is 7.11 Å². The molecular weight excluding hydrogens is 238 g/mol.